The predicted molar refractivity (Wildman–Crippen MR) is 48.0 cm³/mol. The molecule has 1 rings (SSSR count). The molecule has 0 saturated heterocycles. The van der Waals surface area contributed by atoms with E-state index in [1.165, 1.54) is 38.5 Å². The average Bonchev–Trinajstić information content (AvgIpc) is 2.14. The molecule has 0 unspecified atom stereocenters. The van der Waals surface area contributed by atoms with Gasteiger partial charge < -0.3 is 0 Å². The Morgan fingerprint density at radius 3 is 2.18 bits per heavy atom. The van der Waals surface area contributed by atoms with Gasteiger partial charge in [-0.3, -0.25) is 5.84 Å². The maximum absolute atomic E-state index is 5.61. The summed E-state index contributed by atoms with van der Waals surface area (Å²) < 4.78 is 0. The molecule has 1 saturated carbocycles. The number of hydrogen-bond acceptors (Lipinski definition) is 2. The maximum Gasteiger partial charge on any atom is 0.0153 e. The number of hydrazine groups is 1. The summed E-state index contributed by atoms with van der Waals surface area (Å²) in [7, 11) is 1.96. The lowest BCUT2D eigenvalue weighted by Gasteiger charge is -2.18. The topological polar surface area (TPSA) is 29.3 Å². The molecule has 0 amide bonds. The van der Waals surface area contributed by atoms with E-state index in [0.717, 1.165) is 12.5 Å². The van der Waals surface area contributed by atoms with E-state index in [-0.39, 0.29) is 0 Å². The molecule has 0 bridgehead atoms. The van der Waals surface area contributed by atoms with E-state index in [1.54, 1.807) is 0 Å². The van der Waals surface area contributed by atoms with Gasteiger partial charge in [0.2, 0.25) is 0 Å². The smallest absolute Gasteiger partial charge is 0.0153 e. The van der Waals surface area contributed by atoms with Crippen molar-refractivity contribution in [2.45, 2.75) is 38.5 Å². The number of rotatable bonds is 2. The summed E-state index contributed by atoms with van der Waals surface area (Å²) >= 11 is 0. The Bertz CT molecular complexity index is 93.7. The fourth-order valence-electron chi connectivity index (χ4n) is 1.95. The molecule has 0 radical (unpaired) electrons. The highest BCUT2D eigenvalue weighted by Crippen LogP contribution is 2.22. The van der Waals surface area contributed by atoms with Crippen molar-refractivity contribution in [1.82, 2.24) is 5.01 Å². The molecule has 1 fully saturated rings. The highest BCUT2D eigenvalue weighted by molar-refractivity contribution is 4.65. The van der Waals surface area contributed by atoms with Gasteiger partial charge >= 0.3 is 0 Å². The van der Waals surface area contributed by atoms with Crippen molar-refractivity contribution in [1.29, 1.82) is 0 Å². The molecule has 0 aliphatic heterocycles. The summed E-state index contributed by atoms with van der Waals surface area (Å²) in [5, 5.41) is 1.83. The second-order valence-corrected chi connectivity index (χ2v) is 3.80. The highest BCUT2D eigenvalue weighted by Gasteiger charge is 2.12. The van der Waals surface area contributed by atoms with Gasteiger partial charge in [-0.2, -0.15) is 0 Å². The summed E-state index contributed by atoms with van der Waals surface area (Å²) in [6.07, 6.45) is 8.48. The van der Waals surface area contributed by atoms with Crippen molar-refractivity contribution >= 4 is 0 Å². The molecule has 0 atom stereocenters. The van der Waals surface area contributed by atoms with Crippen molar-refractivity contribution in [3.63, 3.8) is 0 Å². The van der Waals surface area contributed by atoms with Crippen molar-refractivity contribution in [2.75, 3.05) is 13.6 Å². The molecule has 0 heterocycles. The van der Waals surface area contributed by atoms with Gasteiger partial charge in [0.05, 0.1) is 0 Å². The molecule has 66 valence electrons. The van der Waals surface area contributed by atoms with Crippen LogP contribution in [0.4, 0.5) is 0 Å². The van der Waals surface area contributed by atoms with E-state index in [1.807, 2.05) is 12.1 Å². The molecular weight excluding hydrogens is 136 g/mol. The van der Waals surface area contributed by atoms with Gasteiger partial charge in [0.1, 0.15) is 0 Å². The molecule has 2 heteroatoms. The minimum atomic E-state index is 0.868. The minimum Gasteiger partial charge on any atom is -0.269 e. The molecule has 1 aliphatic carbocycles. The molecule has 0 aromatic heterocycles. The van der Waals surface area contributed by atoms with Crippen molar-refractivity contribution in [3.05, 3.63) is 0 Å². The molecule has 11 heavy (non-hydrogen) atoms. The molecular formula is C9H20N2. The zero-order chi connectivity index (χ0) is 8.10. The first-order chi connectivity index (χ1) is 5.29. The van der Waals surface area contributed by atoms with Crippen molar-refractivity contribution < 1.29 is 0 Å². The van der Waals surface area contributed by atoms with Gasteiger partial charge in [0.15, 0.2) is 0 Å². The molecule has 0 aromatic carbocycles. The molecule has 1 aliphatic rings. The van der Waals surface area contributed by atoms with Gasteiger partial charge in [-0.05, 0) is 18.8 Å². The lowest BCUT2D eigenvalue weighted by atomic mass is 10.0. The minimum absolute atomic E-state index is 0.868. The summed E-state index contributed by atoms with van der Waals surface area (Å²) in [6.45, 7) is 1.08. The Hall–Kier alpha value is -0.0800. The Balaban J connectivity index is 2.20. The van der Waals surface area contributed by atoms with Gasteiger partial charge in [-0.1, -0.05) is 25.7 Å². The van der Waals surface area contributed by atoms with Crippen LogP contribution in [0.1, 0.15) is 38.5 Å². The van der Waals surface area contributed by atoms with Crippen LogP contribution in [0.5, 0.6) is 0 Å². The summed E-state index contributed by atoms with van der Waals surface area (Å²) in [6, 6.07) is 0. The third-order valence-corrected chi connectivity index (χ3v) is 2.52. The Morgan fingerprint density at radius 2 is 1.73 bits per heavy atom. The lowest BCUT2D eigenvalue weighted by Crippen LogP contribution is -2.31. The summed E-state index contributed by atoms with van der Waals surface area (Å²) in [5.74, 6) is 6.48. The first-order valence-corrected chi connectivity index (χ1v) is 4.75. The van der Waals surface area contributed by atoms with E-state index in [4.69, 9.17) is 5.84 Å². The Labute approximate surface area is 69.7 Å². The average molecular weight is 156 g/mol. The first-order valence-electron chi connectivity index (χ1n) is 4.75. The SMILES string of the molecule is CN(N)CC1CCCCCC1. The van der Waals surface area contributed by atoms with Crippen LogP contribution in [0, 0.1) is 5.92 Å². The molecule has 0 aromatic rings. The fraction of sp³-hybridized carbons (Fsp3) is 1.00. The van der Waals surface area contributed by atoms with Crippen molar-refractivity contribution in [3.8, 4) is 0 Å². The predicted octanol–water partition coefficient (Wildman–Crippen LogP) is 1.76. The van der Waals surface area contributed by atoms with Gasteiger partial charge in [-0.15, -0.1) is 0 Å². The fourth-order valence-corrected chi connectivity index (χ4v) is 1.95. The molecule has 2 N–H and O–H groups in total. The van der Waals surface area contributed by atoms with E-state index >= 15 is 0 Å². The second-order valence-electron chi connectivity index (χ2n) is 3.80. The number of nitrogens with zero attached hydrogens (tertiary/aromatic N) is 1. The quantitative estimate of drug-likeness (QED) is 0.375. The normalized spacial score (nSPS) is 22.1. The second kappa shape index (κ2) is 4.73. The van der Waals surface area contributed by atoms with E-state index in [9.17, 15) is 0 Å². The largest absolute Gasteiger partial charge is 0.269 e. The van der Waals surface area contributed by atoms with Gasteiger partial charge in [-0.25, -0.2) is 5.01 Å². The van der Waals surface area contributed by atoms with E-state index < -0.39 is 0 Å². The zero-order valence-electron chi connectivity index (χ0n) is 7.55. The number of hydrogen-bond donors (Lipinski definition) is 1. The third-order valence-electron chi connectivity index (χ3n) is 2.52. The van der Waals surface area contributed by atoms with Gasteiger partial charge in [0, 0.05) is 13.6 Å². The van der Waals surface area contributed by atoms with Crippen LogP contribution in [0.2, 0.25) is 0 Å². The van der Waals surface area contributed by atoms with Crippen molar-refractivity contribution in [2.24, 2.45) is 11.8 Å². The lowest BCUT2D eigenvalue weighted by molar-refractivity contribution is 0.267. The summed E-state index contributed by atoms with van der Waals surface area (Å²) in [5.41, 5.74) is 0. The maximum atomic E-state index is 5.61. The van der Waals surface area contributed by atoms with E-state index in [0.29, 0.717) is 0 Å². The molecule has 0 spiro atoms. The van der Waals surface area contributed by atoms with E-state index in [2.05, 4.69) is 0 Å². The van der Waals surface area contributed by atoms with Crippen LogP contribution < -0.4 is 5.84 Å². The Kier molecular flexibility index (Phi) is 3.87. The summed E-state index contributed by atoms with van der Waals surface area (Å²) in [4.78, 5) is 0. The zero-order valence-corrected chi connectivity index (χ0v) is 7.55. The van der Waals surface area contributed by atoms with Gasteiger partial charge in [0.25, 0.3) is 0 Å². The van der Waals surface area contributed by atoms with Crippen LogP contribution in [-0.4, -0.2) is 18.6 Å². The third kappa shape index (κ3) is 3.73. The standard InChI is InChI=1S/C9H20N2/c1-11(10)8-9-6-4-2-3-5-7-9/h9H,2-8,10H2,1H3. The monoisotopic (exact) mass is 156 g/mol. The van der Waals surface area contributed by atoms with Crippen LogP contribution >= 0.6 is 0 Å². The first kappa shape index (κ1) is 9.01. The van der Waals surface area contributed by atoms with Crippen LogP contribution in [0.15, 0.2) is 0 Å². The Morgan fingerprint density at radius 1 is 1.18 bits per heavy atom. The molecule has 2 nitrogen and oxygen atoms in total. The van der Waals surface area contributed by atoms with Crippen LogP contribution in [0.25, 0.3) is 0 Å². The highest BCUT2D eigenvalue weighted by atomic mass is 15.4. The number of nitrogens with two attached hydrogens (primary N) is 1. The van der Waals surface area contributed by atoms with Crippen LogP contribution in [-0.2, 0) is 0 Å². The van der Waals surface area contributed by atoms with Crippen LogP contribution in [0.3, 0.4) is 0 Å².